The lowest BCUT2D eigenvalue weighted by Crippen LogP contribution is -2.65. The standard InChI is InChI=1S/C81H87Cl2F3N12O26/c1-32(2)17-47(88-5)72(110)96-62-64(104)37-10-15-51(45(82)20-37)119-53-22-39-23-54(68(53)123-79-69(67(107)66(106)55(31-99)121-79)122-57-27-80(4,70(108)33(3)118-57)90-29-34-18-40(30-89-28-34)91-71(109)35-7-12-42(13-8-35)124-81(84,85)86)120-52-16-11-38(21-46(52)83)65(105)63-77(115)95-61(78(116)98-117-6)44-24-41(100)25-50(102)58(44)43-19-36(9-14-49(43)101)59(74(112)97-63)94-75(113)60(39)93-73(111)48(26-56(87)103)92-76(62)114/h7-16,18-25,28,30,32-33,47-48,55,57,59-67,69-70,79,88,90,99-102,104-108H,17,26-27,29,31H2,1-6H3,(H2,87,103)(H,91,109)(H,92,114)(H,93,111)(H,94,113)(H,95,115)(H,96,110)(H,97,112)(H,98,116)/t33?,47?,48?,55?,57?,59?,60?,61-,62?,63?,64?,65?,66?,67?,69?,70?,79?,80-/m1/s1. The number of carbonyl (C=O) groups excluding carboxylic acids is 9. The number of alkyl halides is 3. The average Bonchev–Trinajstić information content (AvgIpc) is 0.763. The van der Waals surface area contributed by atoms with E-state index in [9.17, 15) is 78.3 Å². The summed E-state index contributed by atoms with van der Waals surface area (Å²) in [6.45, 7) is 5.53. The molecule has 16 unspecified atom stereocenters. The summed E-state index contributed by atoms with van der Waals surface area (Å²) in [7, 11) is 2.49. The summed E-state index contributed by atoms with van der Waals surface area (Å²) in [6, 6.07) is 4.97. The Morgan fingerprint density at radius 2 is 1.35 bits per heavy atom. The number of hydroxylamine groups is 1. The number of amides is 9. The van der Waals surface area contributed by atoms with Gasteiger partial charge in [-0.1, -0.05) is 55.2 Å². The lowest BCUT2D eigenvalue weighted by molar-refractivity contribution is -0.334. The number of aromatic hydroxyl groups is 3. The second-order valence-electron chi connectivity index (χ2n) is 30.4. The number of hydrogen-bond acceptors (Lipinski definition) is 29. The number of anilines is 1. The van der Waals surface area contributed by atoms with Crippen molar-refractivity contribution in [2.75, 3.05) is 26.1 Å². The number of carbonyl (C=O) groups is 9. The molecule has 1 aromatic heterocycles. The van der Waals surface area contributed by atoms with Crippen molar-refractivity contribution in [3.8, 4) is 62.9 Å². The second kappa shape index (κ2) is 38.1. The second-order valence-corrected chi connectivity index (χ2v) is 31.2. The number of aliphatic hydroxyl groups excluding tert-OH is 6. The Hall–Kier alpha value is -11.8. The summed E-state index contributed by atoms with van der Waals surface area (Å²) in [5.41, 5.74) is 4.17. The van der Waals surface area contributed by atoms with Crippen LogP contribution < -0.4 is 78.0 Å². The molecule has 7 aromatic rings. The molecule has 0 radical (unpaired) electrons. The normalized spacial score (nSPS) is 26.2. The molecule has 662 valence electrons. The monoisotopic (exact) mass is 1770 g/mol. The molecule has 43 heteroatoms. The van der Waals surface area contributed by atoms with Crippen molar-refractivity contribution < 1.29 is 140 Å². The number of phenolic OH excluding ortho intramolecular Hbond substituents is 3. The largest absolute Gasteiger partial charge is 0.573 e. The van der Waals surface area contributed by atoms with Crippen LogP contribution in [0.3, 0.4) is 0 Å². The quantitative estimate of drug-likeness (QED) is 0.0488. The van der Waals surface area contributed by atoms with Gasteiger partial charge < -0.3 is 133 Å². The number of nitrogens with one attached hydrogen (secondary N) is 10. The number of pyridine rings is 1. The third kappa shape index (κ3) is 20.7. The Kier molecular flexibility index (Phi) is 28.1. The SMILES string of the molecule is CNC(CC(C)C)C(=O)NC1C(=O)NC(CC(N)=O)C(=O)NC2C(=O)NC3C(=O)NC(C(=O)N[C@@H](C(=O)NOC)c4cc(O)cc(O)c4-c4cc3ccc4O)C(O)c3ccc(c(Cl)c3)Oc3cc2cc(c3OC2OC(CO)C(O)C(O)C2OC2C[C@@](C)(NCc3cncc(NC(=O)c4ccc(OC(F)(F)F)cc4)c3)C(O)C(C)O2)Oc2ccc(cc2Cl)C1O. The third-order valence-electron chi connectivity index (χ3n) is 21.1. The van der Waals surface area contributed by atoms with Gasteiger partial charge in [0.1, 0.15) is 101 Å². The molecule has 18 atom stereocenters. The molecule has 38 nitrogen and oxygen atoms in total. The highest BCUT2D eigenvalue weighted by Crippen LogP contribution is 2.50. The molecule has 21 N–H and O–H groups in total. The number of halogens is 5. The van der Waals surface area contributed by atoms with Crippen LogP contribution in [0.1, 0.15) is 121 Å². The average molecular weight is 1770 g/mol. The van der Waals surface area contributed by atoms with E-state index in [4.69, 9.17) is 62.2 Å². The Morgan fingerprint density at radius 1 is 0.718 bits per heavy atom. The van der Waals surface area contributed by atoms with E-state index in [0.29, 0.717) is 5.56 Å². The number of phenols is 3. The fourth-order valence-electron chi connectivity index (χ4n) is 14.8. The van der Waals surface area contributed by atoms with E-state index in [1.165, 1.54) is 38.5 Å². The van der Waals surface area contributed by atoms with Crippen LogP contribution in [0.2, 0.25) is 10.0 Å². The molecule has 0 aliphatic carbocycles. The van der Waals surface area contributed by atoms with E-state index < -0.39 is 266 Å². The lowest BCUT2D eigenvalue weighted by Gasteiger charge is -2.48. The number of ether oxygens (including phenoxy) is 7. The van der Waals surface area contributed by atoms with Crippen molar-refractivity contribution >= 4 is 82.1 Å². The molecule has 8 heterocycles. The molecular weight excluding hydrogens is 1680 g/mol. The van der Waals surface area contributed by atoms with Gasteiger partial charge in [-0.15, -0.1) is 13.2 Å². The summed E-state index contributed by atoms with van der Waals surface area (Å²) in [4.78, 5) is 142. The van der Waals surface area contributed by atoms with Crippen molar-refractivity contribution in [1.29, 1.82) is 0 Å². The van der Waals surface area contributed by atoms with Crippen molar-refractivity contribution in [2.24, 2.45) is 11.7 Å². The van der Waals surface area contributed by atoms with Crippen LogP contribution in [-0.4, -0.2) is 210 Å². The predicted molar refractivity (Wildman–Crippen MR) is 425 cm³/mol. The molecule has 6 aromatic carbocycles. The first-order valence-electron chi connectivity index (χ1n) is 38.4. The molecule has 9 amide bonds. The molecular formula is C81H87Cl2F3N12O26. The van der Waals surface area contributed by atoms with E-state index in [1.54, 1.807) is 20.8 Å². The van der Waals surface area contributed by atoms with E-state index in [2.05, 4.69) is 63.1 Å². The van der Waals surface area contributed by atoms with Gasteiger partial charge in [0.25, 0.3) is 11.8 Å². The predicted octanol–water partition coefficient (Wildman–Crippen LogP) is 3.08. The number of primary amides is 1. The number of hydrogen-bond donors (Lipinski definition) is 20. The number of aliphatic hydroxyl groups is 6. The molecule has 2 fully saturated rings. The summed E-state index contributed by atoms with van der Waals surface area (Å²) in [5.74, 6) is -17.0. The number of likely N-dealkylation sites (N-methyl/N-ethyl adjacent to an activating group) is 1. The highest BCUT2D eigenvalue weighted by molar-refractivity contribution is 6.32. The van der Waals surface area contributed by atoms with Gasteiger partial charge in [-0.05, 0) is 152 Å². The number of nitrogens with two attached hydrogens (primary N) is 1. The fraction of sp³-hybridized carbons (Fsp3) is 0.383. The molecule has 2 saturated heterocycles. The Morgan fingerprint density at radius 3 is 1.98 bits per heavy atom. The van der Waals surface area contributed by atoms with Crippen molar-refractivity contribution in [1.82, 2.24) is 53.0 Å². The molecule has 11 bridgehead atoms. The topological polar surface area (TPSA) is 569 Å². The molecule has 0 spiro atoms. The third-order valence-corrected chi connectivity index (χ3v) is 21.6. The molecule has 14 rings (SSSR count). The summed E-state index contributed by atoms with van der Waals surface area (Å²) in [5, 5.41) is 129. The summed E-state index contributed by atoms with van der Waals surface area (Å²) >= 11 is 14.3. The van der Waals surface area contributed by atoms with Gasteiger partial charge in [0, 0.05) is 47.5 Å². The molecule has 7 aliphatic heterocycles. The Bertz CT molecular complexity index is 5240. The van der Waals surface area contributed by atoms with Gasteiger partial charge in [-0.2, -0.15) is 0 Å². The van der Waals surface area contributed by atoms with Crippen molar-refractivity contribution in [2.45, 2.75) is 169 Å². The summed E-state index contributed by atoms with van der Waals surface area (Å²) in [6.07, 6.45) is -22.0. The highest BCUT2D eigenvalue weighted by Gasteiger charge is 2.53. The zero-order valence-corrected chi connectivity index (χ0v) is 67.9. The zero-order chi connectivity index (χ0) is 89.8. The van der Waals surface area contributed by atoms with E-state index in [-0.39, 0.29) is 53.2 Å². The zero-order valence-electron chi connectivity index (χ0n) is 66.4. The van der Waals surface area contributed by atoms with Gasteiger partial charge in [0.2, 0.25) is 53.4 Å². The number of nitrogens with zero attached hydrogens (tertiary/aromatic N) is 1. The minimum Gasteiger partial charge on any atom is -0.508 e. The van der Waals surface area contributed by atoms with Crippen LogP contribution in [0.4, 0.5) is 18.9 Å². The van der Waals surface area contributed by atoms with Crippen molar-refractivity contribution in [3.05, 3.63) is 171 Å². The number of fused-ring (bicyclic) bond motifs is 15. The Labute approximate surface area is 712 Å². The molecule has 0 saturated carbocycles. The van der Waals surface area contributed by atoms with Gasteiger partial charge in [-0.3, -0.25) is 53.0 Å². The lowest BCUT2D eigenvalue weighted by atomic mass is 9.84. The maximum atomic E-state index is 16.3. The van der Waals surface area contributed by atoms with Gasteiger partial charge in [0.05, 0.1) is 60.3 Å². The summed E-state index contributed by atoms with van der Waals surface area (Å²) < 4.78 is 81.9. The highest BCUT2D eigenvalue weighted by atomic mass is 35.5. The van der Waals surface area contributed by atoms with Crippen molar-refractivity contribution in [3.63, 3.8) is 0 Å². The van der Waals surface area contributed by atoms with Crippen LogP contribution in [-0.2, 0) is 63.9 Å². The first kappa shape index (κ1) is 91.4. The smallest absolute Gasteiger partial charge is 0.508 e. The first-order chi connectivity index (χ1) is 58.7. The number of rotatable bonds is 20. The van der Waals surface area contributed by atoms with Crippen LogP contribution in [0, 0.1) is 5.92 Å². The Balaban J connectivity index is 1.01. The molecule has 7 aliphatic rings. The van der Waals surface area contributed by atoms with Gasteiger partial charge in [-0.25, -0.2) is 5.48 Å². The van der Waals surface area contributed by atoms with Crippen LogP contribution in [0.25, 0.3) is 11.1 Å². The first-order valence-corrected chi connectivity index (χ1v) is 39.1. The minimum atomic E-state index is -4.98. The number of benzene rings is 6. The number of aromatic nitrogens is 1. The van der Waals surface area contributed by atoms with Crippen LogP contribution >= 0.6 is 23.2 Å². The van der Waals surface area contributed by atoms with E-state index >= 15 is 24.0 Å². The fourth-order valence-corrected chi connectivity index (χ4v) is 15.2. The van der Waals surface area contributed by atoms with Gasteiger partial charge >= 0.3 is 6.36 Å². The van der Waals surface area contributed by atoms with Crippen LogP contribution in [0.5, 0.6) is 51.7 Å². The maximum Gasteiger partial charge on any atom is 0.573 e. The van der Waals surface area contributed by atoms with Gasteiger partial charge in [0.15, 0.2) is 23.9 Å². The van der Waals surface area contributed by atoms with E-state index in [0.717, 1.165) is 104 Å². The van der Waals surface area contributed by atoms with E-state index in [1.807, 2.05) is 0 Å². The minimum absolute atomic E-state index is 0.0377. The molecule has 124 heavy (non-hydrogen) atoms. The van der Waals surface area contributed by atoms with Crippen LogP contribution in [0.15, 0.2) is 122 Å². The maximum absolute atomic E-state index is 16.3.